The van der Waals surface area contributed by atoms with Crippen molar-refractivity contribution in [1.29, 1.82) is 0 Å². The van der Waals surface area contributed by atoms with E-state index in [1.54, 1.807) is 12.5 Å². The van der Waals surface area contributed by atoms with Gasteiger partial charge in [-0.2, -0.15) is 9.36 Å². The number of hydrogen-bond acceptors (Lipinski definition) is 7. The maximum atomic E-state index is 12.2. The molecule has 24 heavy (non-hydrogen) atoms. The number of nitrogens with one attached hydrogen (secondary N) is 1. The number of methoxy groups -OCH3 is 1. The number of nitrogens with zero attached hydrogens (tertiary/aromatic N) is 3. The minimum Gasteiger partial charge on any atom is -0.497 e. The van der Waals surface area contributed by atoms with Crippen LogP contribution in [0.15, 0.2) is 29.6 Å². The van der Waals surface area contributed by atoms with E-state index in [0.29, 0.717) is 22.6 Å². The van der Waals surface area contributed by atoms with Crippen LogP contribution < -0.4 is 10.1 Å². The molecule has 2 aromatic heterocycles. The number of ether oxygens (including phenoxy) is 1. The quantitative estimate of drug-likeness (QED) is 0.743. The van der Waals surface area contributed by atoms with Crippen LogP contribution in [0.25, 0.3) is 11.4 Å². The highest BCUT2D eigenvalue weighted by molar-refractivity contribution is 7.10. The Kier molecular flexibility index (Phi) is 4.86. The molecule has 6 nitrogen and oxygen atoms in total. The van der Waals surface area contributed by atoms with Gasteiger partial charge in [-0.3, -0.25) is 10.1 Å². The summed E-state index contributed by atoms with van der Waals surface area (Å²) in [4.78, 5) is 20.9. The highest BCUT2D eigenvalue weighted by Crippen LogP contribution is 2.25. The van der Waals surface area contributed by atoms with E-state index in [4.69, 9.17) is 4.74 Å². The van der Waals surface area contributed by atoms with Gasteiger partial charge in [0.2, 0.25) is 5.13 Å². The molecule has 1 aromatic carbocycles. The molecule has 0 saturated heterocycles. The molecular weight excluding hydrogens is 344 g/mol. The van der Waals surface area contributed by atoms with Crippen molar-refractivity contribution in [2.24, 2.45) is 0 Å². The fraction of sp³-hybridized carbons (Fsp3) is 0.250. The van der Waals surface area contributed by atoms with Gasteiger partial charge >= 0.3 is 0 Å². The molecule has 0 aliphatic rings. The minimum absolute atomic E-state index is 0.272. The molecule has 0 saturated carbocycles. The largest absolute Gasteiger partial charge is 0.497 e. The molecule has 0 aliphatic heterocycles. The monoisotopic (exact) mass is 360 g/mol. The van der Waals surface area contributed by atoms with E-state index in [2.05, 4.69) is 19.7 Å². The summed E-state index contributed by atoms with van der Waals surface area (Å²) in [7, 11) is 1.61. The summed E-state index contributed by atoms with van der Waals surface area (Å²) < 4.78 is 9.48. The van der Waals surface area contributed by atoms with Gasteiger partial charge in [0.25, 0.3) is 5.91 Å². The van der Waals surface area contributed by atoms with Crippen molar-refractivity contribution in [1.82, 2.24) is 14.3 Å². The van der Waals surface area contributed by atoms with Gasteiger partial charge in [0.05, 0.1) is 12.1 Å². The summed E-state index contributed by atoms with van der Waals surface area (Å²) in [5.41, 5.74) is 1.24. The Balaban J connectivity index is 1.74. The number of rotatable bonds is 5. The number of carbonyl (C=O) groups excluding carboxylic acids is 1. The van der Waals surface area contributed by atoms with Crippen LogP contribution in [0.4, 0.5) is 5.13 Å². The molecule has 1 amide bonds. The topological polar surface area (TPSA) is 77.0 Å². The molecule has 8 heteroatoms. The number of carbonyl (C=O) groups is 1. The average Bonchev–Trinajstić information content (AvgIpc) is 3.24. The first kappa shape index (κ1) is 16.5. The summed E-state index contributed by atoms with van der Waals surface area (Å²) in [5, 5.41) is 5.89. The standard InChI is InChI=1S/C16H16N4O2S2/c1-9(2)15-17-12(8-23-15)14(21)19-16-18-13(20-24-16)10-5-4-6-11(7-10)22-3/h4-9H,1-3H3,(H,18,19,20,21). The molecule has 3 rings (SSSR count). The molecule has 0 bridgehead atoms. The van der Waals surface area contributed by atoms with Crippen molar-refractivity contribution in [3.63, 3.8) is 0 Å². The highest BCUT2D eigenvalue weighted by Gasteiger charge is 2.15. The van der Waals surface area contributed by atoms with Crippen LogP contribution in [0, 0.1) is 0 Å². The van der Waals surface area contributed by atoms with E-state index < -0.39 is 0 Å². The average molecular weight is 360 g/mol. The highest BCUT2D eigenvalue weighted by atomic mass is 32.1. The van der Waals surface area contributed by atoms with E-state index in [-0.39, 0.29) is 5.91 Å². The lowest BCUT2D eigenvalue weighted by molar-refractivity contribution is 0.102. The molecule has 2 heterocycles. The summed E-state index contributed by atoms with van der Waals surface area (Å²) in [5.74, 6) is 1.32. The van der Waals surface area contributed by atoms with Crippen molar-refractivity contribution in [3.05, 3.63) is 40.3 Å². The summed E-state index contributed by atoms with van der Waals surface area (Å²) in [6.07, 6.45) is 0. The Morgan fingerprint density at radius 1 is 1.29 bits per heavy atom. The Bertz CT molecular complexity index is 857. The van der Waals surface area contributed by atoms with E-state index in [0.717, 1.165) is 27.9 Å². The Morgan fingerprint density at radius 2 is 2.12 bits per heavy atom. The predicted molar refractivity (Wildman–Crippen MR) is 96.1 cm³/mol. The summed E-state index contributed by atoms with van der Waals surface area (Å²) >= 11 is 2.62. The zero-order valence-corrected chi connectivity index (χ0v) is 15.1. The van der Waals surface area contributed by atoms with Gasteiger partial charge in [-0.05, 0) is 12.1 Å². The van der Waals surface area contributed by atoms with Crippen molar-refractivity contribution >= 4 is 33.9 Å². The number of benzene rings is 1. The lowest BCUT2D eigenvalue weighted by Gasteiger charge is -2.00. The number of anilines is 1. The molecule has 0 spiro atoms. The van der Waals surface area contributed by atoms with E-state index in [9.17, 15) is 4.79 Å². The fourth-order valence-electron chi connectivity index (χ4n) is 1.97. The number of amides is 1. The van der Waals surface area contributed by atoms with Crippen LogP contribution in [0.3, 0.4) is 0 Å². The molecule has 0 fully saturated rings. The molecule has 1 N–H and O–H groups in total. The van der Waals surface area contributed by atoms with Crippen LogP contribution in [0.1, 0.15) is 35.3 Å². The van der Waals surface area contributed by atoms with E-state index in [1.807, 2.05) is 38.1 Å². The molecular formula is C16H16N4O2S2. The van der Waals surface area contributed by atoms with Crippen molar-refractivity contribution in [3.8, 4) is 17.1 Å². The van der Waals surface area contributed by atoms with Gasteiger partial charge in [0, 0.05) is 28.4 Å². The van der Waals surface area contributed by atoms with Gasteiger partial charge < -0.3 is 4.74 Å². The molecule has 0 radical (unpaired) electrons. The number of aromatic nitrogens is 3. The van der Waals surface area contributed by atoms with Crippen molar-refractivity contribution in [2.75, 3.05) is 12.4 Å². The molecule has 0 atom stereocenters. The molecule has 0 unspecified atom stereocenters. The zero-order chi connectivity index (χ0) is 17.1. The third-order valence-corrected chi connectivity index (χ3v) is 5.00. The smallest absolute Gasteiger partial charge is 0.276 e. The first-order chi connectivity index (χ1) is 11.6. The van der Waals surface area contributed by atoms with E-state index in [1.165, 1.54) is 11.3 Å². The summed E-state index contributed by atoms with van der Waals surface area (Å²) in [6.45, 7) is 4.09. The maximum Gasteiger partial charge on any atom is 0.276 e. The van der Waals surface area contributed by atoms with E-state index >= 15 is 0 Å². The van der Waals surface area contributed by atoms with Crippen LogP contribution in [0.2, 0.25) is 0 Å². The zero-order valence-electron chi connectivity index (χ0n) is 13.4. The SMILES string of the molecule is COc1cccc(-c2nsc(NC(=O)c3csc(C(C)C)n3)n2)c1. The predicted octanol–water partition coefficient (Wildman–Crippen LogP) is 4.05. The van der Waals surface area contributed by atoms with Gasteiger partial charge in [0.1, 0.15) is 11.4 Å². The fourth-order valence-corrected chi connectivity index (χ4v) is 3.37. The second-order valence-corrected chi connectivity index (χ2v) is 6.98. The van der Waals surface area contributed by atoms with Crippen LogP contribution >= 0.6 is 22.9 Å². The third kappa shape index (κ3) is 3.60. The van der Waals surface area contributed by atoms with Crippen molar-refractivity contribution < 1.29 is 9.53 Å². The Morgan fingerprint density at radius 3 is 2.83 bits per heavy atom. The first-order valence-corrected chi connectivity index (χ1v) is 8.97. The molecule has 0 aliphatic carbocycles. The van der Waals surface area contributed by atoms with Crippen LogP contribution in [-0.2, 0) is 0 Å². The van der Waals surface area contributed by atoms with Crippen LogP contribution in [-0.4, -0.2) is 27.4 Å². The molecule has 124 valence electrons. The Labute approximate surface area is 147 Å². The number of thiazole rings is 1. The van der Waals surface area contributed by atoms with Gasteiger partial charge in [-0.25, -0.2) is 4.98 Å². The normalized spacial score (nSPS) is 10.8. The van der Waals surface area contributed by atoms with Crippen molar-refractivity contribution in [2.45, 2.75) is 19.8 Å². The lowest BCUT2D eigenvalue weighted by Crippen LogP contribution is -2.12. The molecule has 3 aromatic rings. The van der Waals surface area contributed by atoms with Gasteiger partial charge in [-0.15, -0.1) is 11.3 Å². The second-order valence-electron chi connectivity index (χ2n) is 5.33. The first-order valence-electron chi connectivity index (χ1n) is 7.31. The van der Waals surface area contributed by atoms with Crippen LogP contribution in [0.5, 0.6) is 5.75 Å². The van der Waals surface area contributed by atoms with Gasteiger partial charge in [-0.1, -0.05) is 26.0 Å². The maximum absolute atomic E-state index is 12.2. The third-order valence-electron chi connectivity index (χ3n) is 3.22. The Hall–Kier alpha value is -2.32. The number of hydrogen-bond donors (Lipinski definition) is 1. The van der Waals surface area contributed by atoms with Gasteiger partial charge in [0.15, 0.2) is 5.82 Å². The second kappa shape index (κ2) is 7.06. The summed E-state index contributed by atoms with van der Waals surface area (Å²) in [6, 6.07) is 7.47. The lowest BCUT2D eigenvalue weighted by atomic mass is 10.2. The minimum atomic E-state index is -0.272.